The Labute approximate surface area is 208 Å². The van der Waals surface area contributed by atoms with Gasteiger partial charge in [-0.25, -0.2) is 9.97 Å². The highest BCUT2D eigenvalue weighted by atomic mass is 35.5. The van der Waals surface area contributed by atoms with E-state index in [1.807, 2.05) is 54.1 Å². The van der Waals surface area contributed by atoms with Crippen LogP contribution in [0.1, 0.15) is 40.3 Å². The van der Waals surface area contributed by atoms with Crippen molar-refractivity contribution < 1.29 is 4.79 Å². The fourth-order valence-electron chi connectivity index (χ4n) is 4.77. The lowest BCUT2D eigenvalue weighted by atomic mass is 9.77. The Morgan fingerprint density at radius 1 is 1.03 bits per heavy atom. The highest BCUT2D eigenvalue weighted by Crippen LogP contribution is 2.43. The molecule has 34 heavy (non-hydrogen) atoms. The number of benzene rings is 2. The molecule has 0 aliphatic carbocycles. The SMILES string of the molecule is CN1C(=O)CC(c2cccc(Cl)c2)c2cc(C(N)(c3ccc(Cl)nc3)c3cncn3C)ccc21. The van der Waals surface area contributed by atoms with E-state index >= 15 is 0 Å². The molecule has 0 spiro atoms. The number of halogens is 2. The van der Waals surface area contributed by atoms with E-state index in [2.05, 4.69) is 16.0 Å². The number of nitrogens with zero attached hydrogens (tertiary/aromatic N) is 4. The number of fused-ring (bicyclic) bond motifs is 1. The van der Waals surface area contributed by atoms with Crippen molar-refractivity contribution in [2.75, 3.05) is 11.9 Å². The molecule has 6 nitrogen and oxygen atoms in total. The van der Waals surface area contributed by atoms with E-state index in [4.69, 9.17) is 28.9 Å². The third-order valence-electron chi connectivity index (χ3n) is 6.63. The van der Waals surface area contributed by atoms with Crippen LogP contribution in [0.5, 0.6) is 0 Å². The van der Waals surface area contributed by atoms with Crippen molar-refractivity contribution in [2.45, 2.75) is 17.9 Å². The standard InChI is InChI=1S/C26H23Cl2N5O/c1-32-15-30-14-23(32)26(29,18-7-9-24(28)31-13-18)17-6-8-22-21(11-17)20(12-25(34)33(22)2)16-4-3-5-19(27)10-16/h3-11,13-15,20H,12,29H2,1-2H3. The average Bonchev–Trinajstić information content (AvgIpc) is 3.27. The van der Waals surface area contributed by atoms with E-state index in [1.54, 1.807) is 36.7 Å². The number of carbonyl (C=O) groups is 1. The number of rotatable bonds is 4. The van der Waals surface area contributed by atoms with Gasteiger partial charge in [0.05, 0.1) is 18.2 Å². The summed E-state index contributed by atoms with van der Waals surface area (Å²) in [5, 5.41) is 1.03. The molecule has 0 saturated carbocycles. The molecule has 4 aromatic rings. The number of hydrogen-bond acceptors (Lipinski definition) is 4. The van der Waals surface area contributed by atoms with Gasteiger partial charge in [0, 0.05) is 48.9 Å². The molecule has 1 aliphatic heterocycles. The van der Waals surface area contributed by atoms with Crippen molar-refractivity contribution in [3.63, 3.8) is 0 Å². The first-order valence-electron chi connectivity index (χ1n) is 10.8. The summed E-state index contributed by atoms with van der Waals surface area (Å²) in [6.45, 7) is 0. The molecule has 8 heteroatoms. The Bertz CT molecular complexity index is 1380. The molecule has 0 radical (unpaired) electrons. The minimum absolute atomic E-state index is 0.0535. The fourth-order valence-corrected chi connectivity index (χ4v) is 5.08. The minimum atomic E-state index is -1.04. The summed E-state index contributed by atoms with van der Waals surface area (Å²) in [6, 6.07) is 17.3. The maximum atomic E-state index is 12.8. The summed E-state index contributed by atoms with van der Waals surface area (Å²) in [7, 11) is 3.71. The summed E-state index contributed by atoms with van der Waals surface area (Å²) >= 11 is 12.4. The molecule has 0 bridgehead atoms. The predicted molar refractivity (Wildman–Crippen MR) is 134 cm³/mol. The van der Waals surface area contributed by atoms with E-state index in [1.165, 1.54) is 0 Å². The van der Waals surface area contributed by atoms with E-state index < -0.39 is 5.54 Å². The van der Waals surface area contributed by atoms with Crippen molar-refractivity contribution in [2.24, 2.45) is 12.8 Å². The van der Waals surface area contributed by atoms with Gasteiger partial charge in [0.1, 0.15) is 10.7 Å². The van der Waals surface area contributed by atoms with E-state index in [9.17, 15) is 4.79 Å². The van der Waals surface area contributed by atoms with Crippen molar-refractivity contribution in [3.8, 4) is 0 Å². The van der Waals surface area contributed by atoms with Gasteiger partial charge in [-0.1, -0.05) is 53.5 Å². The quantitative estimate of drug-likeness (QED) is 0.413. The van der Waals surface area contributed by atoms with Gasteiger partial charge in [-0.15, -0.1) is 0 Å². The molecule has 5 rings (SSSR count). The molecule has 0 saturated heterocycles. The summed E-state index contributed by atoms with van der Waals surface area (Å²) < 4.78 is 1.90. The molecular weight excluding hydrogens is 469 g/mol. The molecule has 2 N–H and O–H groups in total. The summed E-state index contributed by atoms with van der Waals surface area (Å²) in [5.41, 5.74) is 11.5. The van der Waals surface area contributed by atoms with Crippen LogP contribution >= 0.6 is 23.2 Å². The van der Waals surface area contributed by atoms with Crippen molar-refractivity contribution in [1.29, 1.82) is 0 Å². The normalized spacial score (nSPS) is 17.4. The molecule has 2 aromatic heterocycles. The van der Waals surface area contributed by atoms with E-state index in [-0.39, 0.29) is 11.8 Å². The van der Waals surface area contributed by atoms with Gasteiger partial charge < -0.3 is 15.2 Å². The number of amides is 1. The number of carbonyl (C=O) groups excluding carboxylic acids is 1. The molecule has 0 fully saturated rings. The van der Waals surface area contributed by atoms with Crippen LogP contribution in [0, 0.1) is 0 Å². The second-order valence-corrected chi connectivity index (χ2v) is 9.43. The topological polar surface area (TPSA) is 77.0 Å². The highest BCUT2D eigenvalue weighted by molar-refractivity contribution is 6.30. The fraction of sp³-hybridized carbons (Fsp3) is 0.192. The number of aromatic nitrogens is 3. The molecule has 3 heterocycles. The van der Waals surface area contributed by atoms with Gasteiger partial charge in [-0.2, -0.15) is 0 Å². The molecular formula is C26H23Cl2N5O. The lowest BCUT2D eigenvalue weighted by molar-refractivity contribution is -0.118. The highest BCUT2D eigenvalue weighted by Gasteiger charge is 2.38. The number of pyridine rings is 1. The van der Waals surface area contributed by atoms with Crippen molar-refractivity contribution >= 4 is 34.8 Å². The van der Waals surface area contributed by atoms with Gasteiger partial charge in [0.15, 0.2) is 0 Å². The molecule has 1 aliphatic rings. The number of imidazole rings is 1. The van der Waals surface area contributed by atoms with Crippen LogP contribution in [0.2, 0.25) is 10.2 Å². The Morgan fingerprint density at radius 3 is 2.50 bits per heavy atom. The second-order valence-electron chi connectivity index (χ2n) is 8.61. The Hall–Kier alpha value is -3.19. The maximum absolute atomic E-state index is 12.8. The zero-order valence-corrected chi connectivity index (χ0v) is 20.3. The smallest absolute Gasteiger partial charge is 0.227 e. The zero-order valence-electron chi connectivity index (χ0n) is 18.7. The van der Waals surface area contributed by atoms with Crippen LogP contribution < -0.4 is 10.6 Å². The van der Waals surface area contributed by atoms with Gasteiger partial charge >= 0.3 is 0 Å². The Kier molecular flexibility index (Phi) is 5.68. The van der Waals surface area contributed by atoms with Crippen LogP contribution in [0.15, 0.2) is 73.3 Å². The van der Waals surface area contributed by atoms with Crippen LogP contribution in [0.4, 0.5) is 5.69 Å². The zero-order chi connectivity index (χ0) is 24.0. The third kappa shape index (κ3) is 3.68. The molecule has 2 unspecified atom stereocenters. The number of hydrogen-bond donors (Lipinski definition) is 1. The van der Waals surface area contributed by atoms with Crippen LogP contribution in [-0.2, 0) is 17.4 Å². The van der Waals surface area contributed by atoms with Gasteiger partial charge in [0.2, 0.25) is 5.91 Å². The molecule has 1 amide bonds. The van der Waals surface area contributed by atoms with Crippen molar-refractivity contribution in [1.82, 2.24) is 14.5 Å². The summed E-state index contributed by atoms with van der Waals surface area (Å²) in [6.07, 6.45) is 5.52. The summed E-state index contributed by atoms with van der Waals surface area (Å²) in [4.78, 5) is 23.1. The Balaban J connectivity index is 1.74. The molecule has 2 atom stereocenters. The van der Waals surface area contributed by atoms with Crippen LogP contribution in [-0.4, -0.2) is 27.5 Å². The monoisotopic (exact) mass is 491 g/mol. The largest absolute Gasteiger partial charge is 0.336 e. The minimum Gasteiger partial charge on any atom is -0.336 e. The second kappa shape index (κ2) is 8.55. The first-order valence-corrected chi connectivity index (χ1v) is 11.6. The first-order chi connectivity index (χ1) is 16.3. The van der Waals surface area contributed by atoms with Gasteiger partial charge in [-0.05, 0) is 41.0 Å². The van der Waals surface area contributed by atoms with Gasteiger partial charge in [-0.3, -0.25) is 4.79 Å². The lowest BCUT2D eigenvalue weighted by Crippen LogP contribution is -2.41. The van der Waals surface area contributed by atoms with Crippen LogP contribution in [0.3, 0.4) is 0 Å². The number of nitrogens with two attached hydrogens (primary N) is 1. The third-order valence-corrected chi connectivity index (χ3v) is 7.09. The number of anilines is 1. The maximum Gasteiger partial charge on any atom is 0.227 e. The van der Waals surface area contributed by atoms with Crippen LogP contribution in [0.25, 0.3) is 0 Å². The summed E-state index contributed by atoms with van der Waals surface area (Å²) in [5.74, 6) is -0.0887. The van der Waals surface area contributed by atoms with Gasteiger partial charge in [0.25, 0.3) is 0 Å². The first kappa shape index (κ1) is 22.6. The number of aryl methyl sites for hydroxylation is 1. The predicted octanol–water partition coefficient (Wildman–Crippen LogP) is 4.87. The average molecular weight is 492 g/mol. The molecule has 2 aromatic carbocycles. The lowest BCUT2D eigenvalue weighted by Gasteiger charge is -2.36. The van der Waals surface area contributed by atoms with Crippen molar-refractivity contribution in [3.05, 3.63) is 111 Å². The Morgan fingerprint density at radius 2 is 1.82 bits per heavy atom. The van der Waals surface area contributed by atoms with E-state index in [0.29, 0.717) is 16.6 Å². The molecule has 172 valence electrons. The van der Waals surface area contributed by atoms with E-state index in [0.717, 1.165) is 33.6 Å².